The van der Waals surface area contributed by atoms with E-state index in [0.717, 1.165) is 26.1 Å². The topological polar surface area (TPSA) is 57.9 Å². The molecule has 0 unspecified atom stereocenters. The van der Waals surface area contributed by atoms with Crippen LogP contribution in [0.2, 0.25) is 0 Å². The molecule has 1 aromatic heterocycles. The standard InChI is InChI=1S/C13H16N4.ClH/c14-13-11-9-17(7-6-12(11)15-16-13)8-10-4-2-1-3-5-10;/h1-5H,6-9H2,(H3,14,15,16);1H. The monoisotopic (exact) mass is 264 g/mol. The molecule has 0 saturated carbocycles. The van der Waals surface area contributed by atoms with Crippen molar-refractivity contribution in [1.82, 2.24) is 15.1 Å². The molecule has 2 heterocycles. The molecule has 0 aliphatic carbocycles. The largest absolute Gasteiger partial charge is 0.382 e. The van der Waals surface area contributed by atoms with E-state index in [1.807, 2.05) is 6.07 Å². The normalized spacial score (nSPS) is 14.9. The Morgan fingerprint density at radius 3 is 2.83 bits per heavy atom. The third kappa shape index (κ3) is 2.49. The molecular formula is C13H17ClN4. The van der Waals surface area contributed by atoms with E-state index < -0.39 is 0 Å². The third-order valence-electron chi connectivity index (χ3n) is 3.29. The maximum atomic E-state index is 5.85. The highest BCUT2D eigenvalue weighted by Gasteiger charge is 2.20. The molecule has 0 fully saturated rings. The van der Waals surface area contributed by atoms with Gasteiger partial charge in [0.15, 0.2) is 0 Å². The Balaban J connectivity index is 0.00000120. The first-order chi connectivity index (χ1) is 8.33. The first kappa shape index (κ1) is 12.9. The van der Waals surface area contributed by atoms with E-state index >= 15 is 0 Å². The lowest BCUT2D eigenvalue weighted by Crippen LogP contribution is -2.30. The van der Waals surface area contributed by atoms with Crippen LogP contribution in [0.4, 0.5) is 5.82 Å². The number of nitrogens with one attached hydrogen (secondary N) is 1. The molecule has 0 amide bonds. The number of nitrogens with zero attached hydrogens (tertiary/aromatic N) is 2. The molecule has 1 aromatic carbocycles. The number of fused-ring (bicyclic) bond motifs is 1. The van der Waals surface area contributed by atoms with Crippen LogP contribution >= 0.6 is 12.4 Å². The van der Waals surface area contributed by atoms with Crippen LogP contribution in [-0.4, -0.2) is 21.6 Å². The highest BCUT2D eigenvalue weighted by atomic mass is 35.5. The van der Waals surface area contributed by atoms with Crippen LogP contribution in [-0.2, 0) is 19.5 Å². The zero-order chi connectivity index (χ0) is 11.7. The summed E-state index contributed by atoms with van der Waals surface area (Å²) in [4.78, 5) is 2.41. The van der Waals surface area contributed by atoms with Crippen molar-refractivity contribution in [1.29, 1.82) is 0 Å². The van der Waals surface area contributed by atoms with Gasteiger partial charge in [0.05, 0.1) is 0 Å². The summed E-state index contributed by atoms with van der Waals surface area (Å²) in [5.41, 5.74) is 9.57. The molecule has 0 radical (unpaired) electrons. The van der Waals surface area contributed by atoms with Gasteiger partial charge in [-0.2, -0.15) is 5.10 Å². The van der Waals surface area contributed by atoms with Crippen molar-refractivity contribution in [3.63, 3.8) is 0 Å². The van der Waals surface area contributed by atoms with Crippen LogP contribution in [0, 0.1) is 0 Å². The lowest BCUT2D eigenvalue weighted by atomic mass is 10.1. The number of aromatic amines is 1. The van der Waals surface area contributed by atoms with Crippen molar-refractivity contribution < 1.29 is 0 Å². The molecule has 18 heavy (non-hydrogen) atoms. The number of benzene rings is 1. The van der Waals surface area contributed by atoms with E-state index in [2.05, 4.69) is 39.4 Å². The van der Waals surface area contributed by atoms with Gasteiger partial charge in [-0.15, -0.1) is 12.4 Å². The van der Waals surface area contributed by atoms with E-state index in [-0.39, 0.29) is 12.4 Å². The number of nitrogens with two attached hydrogens (primary N) is 1. The van der Waals surface area contributed by atoms with Crippen LogP contribution in [0.3, 0.4) is 0 Å². The van der Waals surface area contributed by atoms with Crippen LogP contribution in [0.25, 0.3) is 0 Å². The summed E-state index contributed by atoms with van der Waals surface area (Å²) < 4.78 is 0. The highest BCUT2D eigenvalue weighted by Crippen LogP contribution is 2.22. The van der Waals surface area contributed by atoms with Gasteiger partial charge < -0.3 is 5.73 Å². The molecule has 0 bridgehead atoms. The Morgan fingerprint density at radius 1 is 1.28 bits per heavy atom. The second kappa shape index (κ2) is 5.42. The highest BCUT2D eigenvalue weighted by molar-refractivity contribution is 5.85. The van der Waals surface area contributed by atoms with Crippen molar-refractivity contribution >= 4 is 18.2 Å². The summed E-state index contributed by atoms with van der Waals surface area (Å²) in [6.07, 6.45) is 1.01. The molecule has 2 aromatic rings. The van der Waals surface area contributed by atoms with Crippen molar-refractivity contribution in [2.45, 2.75) is 19.5 Å². The maximum Gasteiger partial charge on any atom is 0.149 e. The summed E-state index contributed by atoms with van der Waals surface area (Å²) in [5.74, 6) is 0.651. The summed E-state index contributed by atoms with van der Waals surface area (Å²) >= 11 is 0. The zero-order valence-corrected chi connectivity index (χ0v) is 10.9. The summed E-state index contributed by atoms with van der Waals surface area (Å²) in [6.45, 7) is 2.93. The first-order valence-electron chi connectivity index (χ1n) is 5.91. The zero-order valence-electron chi connectivity index (χ0n) is 10.1. The minimum atomic E-state index is 0. The summed E-state index contributed by atoms with van der Waals surface area (Å²) in [5, 5.41) is 7.07. The number of nitrogen functional groups attached to an aromatic ring is 1. The van der Waals surface area contributed by atoms with Crippen molar-refractivity contribution in [2.75, 3.05) is 12.3 Å². The number of H-pyrrole nitrogens is 1. The number of hydrogen-bond donors (Lipinski definition) is 2. The number of halogens is 1. The lowest BCUT2D eigenvalue weighted by molar-refractivity contribution is 0.245. The minimum Gasteiger partial charge on any atom is -0.382 e. The van der Waals surface area contributed by atoms with Gasteiger partial charge in [0.2, 0.25) is 0 Å². The maximum absolute atomic E-state index is 5.85. The van der Waals surface area contributed by atoms with Gasteiger partial charge in [-0.3, -0.25) is 10.00 Å². The fourth-order valence-electron chi connectivity index (χ4n) is 2.35. The first-order valence-corrected chi connectivity index (χ1v) is 5.91. The Hall–Kier alpha value is -1.52. The molecule has 0 saturated heterocycles. The van der Waals surface area contributed by atoms with Gasteiger partial charge in [-0.05, 0) is 5.56 Å². The van der Waals surface area contributed by atoms with Crippen LogP contribution < -0.4 is 5.73 Å². The minimum absolute atomic E-state index is 0. The molecule has 1 aliphatic heterocycles. The predicted octanol–water partition coefficient (Wildman–Crippen LogP) is 1.97. The average Bonchev–Trinajstić information content (AvgIpc) is 2.73. The number of aromatic nitrogens is 2. The van der Waals surface area contributed by atoms with E-state index in [1.165, 1.54) is 16.8 Å². The summed E-state index contributed by atoms with van der Waals surface area (Å²) in [6, 6.07) is 10.5. The van der Waals surface area contributed by atoms with E-state index in [9.17, 15) is 0 Å². The molecule has 0 atom stereocenters. The van der Waals surface area contributed by atoms with Crippen LogP contribution in [0.5, 0.6) is 0 Å². The molecule has 0 spiro atoms. The Labute approximate surface area is 113 Å². The SMILES string of the molecule is Cl.Nc1n[nH]c2c1CN(Cc1ccccc1)CC2. The Morgan fingerprint density at radius 2 is 2.06 bits per heavy atom. The molecule has 3 N–H and O–H groups in total. The predicted molar refractivity (Wildman–Crippen MR) is 74.5 cm³/mol. The number of rotatable bonds is 2. The molecule has 96 valence electrons. The third-order valence-corrected chi connectivity index (χ3v) is 3.29. The van der Waals surface area contributed by atoms with Crippen molar-refractivity contribution in [3.8, 4) is 0 Å². The summed E-state index contributed by atoms with van der Waals surface area (Å²) in [7, 11) is 0. The fraction of sp³-hybridized carbons (Fsp3) is 0.308. The molecule has 5 heteroatoms. The van der Waals surface area contributed by atoms with Gasteiger partial charge in [-0.1, -0.05) is 30.3 Å². The second-order valence-electron chi connectivity index (χ2n) is 4.51. The molecule has 1 aliphatic rings. The fourth-order valence-corrected chi connectivity index (χ4v) is 2.35. The van der Waals surface area contributed by atoms with Crippen LogP contribution in [0.15, 0.2) is 30.3 Å². The molecular weight excluding hydrogens is 248 g/mol. The van der Waals surface area contributed by atoms with E-state index in [4.69, 9.17) is 5.73 Å². The van der Waals surface area contributed by atoms with E-state index in [0.29, 0.717) is 5.82 Å². The van der Waals surface area contributed by atoms with Crippen molar-refractivity contribution in [3.05, 3.63) is 47.2 Å². The Bertz CT molecular complexity index is 509. The molecule has 4 nitrogen and oxygen atoms in total. The quantitative estimate of drug-likeness (QED) is 0.872. The second-order valence-corrected chi connectivity index (χ2v) is 4.51. The number of hydrogen-bond acceptors (Lipinski definition) is 3. The van der Waals surface area contributed by atoms with Gasteiger partial charge in [0, 0.05) is 37.3 Å². The van der Waals surface area contributed by atoms with Crippen LogP contribution in [0.1, 0.15) is 16.8 Å². The smallest absolute Gasteiger partial charge is 0.149 e. The Kier molecular flexibility index (Phi) is 3.89. The van der Waals surface area contributed by atoms with Gasteiger partial charge in [0.1, 0.15) is 5.82 Å². The van der Waals surface area contributed by atoms with E-state index in [1.54, 1.807) is 0 Å². The molecule has 3 rings (SSSR count). The van der Waals surface area contributed by atoms with Gasteiger partial charge >= 0.3 is 0 Å². The van der Waals surface area contributed by atoms with Gasteiger partial charge in [-0.25, -0.2) is 0 Å². The average molecular weight is 265 g/mol. The van der Waals surface area contributed by atoms with Gasteiger partial charge in [0.25, 0.3) is 0 Å². The number of anilines is 1. The van der Waals surface area contributed by atoms with Crippen molar-refractivity contribution in [2.24, 2.45) is 0 Å². The lowest BCUT2D eigenvalue weighted by Gasteiger charge is -2.26.